The summed E-state index contributed by atoms with van der Waals surface area (Å²) >= 11 is 0. The number of ether oxygens (including phenoxy) is 1. The Morgan fingerprint density at radius 2 is 2.05 bits per heavy atom. The maximum Gasteiger partial charge on any atom is 0.257 e. The van der Waals surface area contributed by atoms with E-state index in [4.69, 9.17) is 10.5 Å². The van der Waals surface area contributed by atoms with Gasteiger partial charge in [-0.1, -0.05) is 0 Å². The van der Waals surface area contributed by atoms with Gasteiger partial charge in [-0.3, -0.25) is 4.79 Å². The Balaban J connectivity index is 1.90. The number of halogens is 2. The molecule has 1 aromatic carbocycles. The summed E-state index contributed by atoms with van der Waals surface area (Å²) in [6.45, 7) is 1.96. The first-order valence-electron chi connectivity index (χ1n) is 7.08. The highest BCUT2D eigenvalue weighted by Crippen LogP contribution is 2.27. The molecular weight excluding hydrogens is 278 g/mol. The summed E-state index contributed by atoms with van der Waals surface area (Å²) in [5.74, 6) is -1.99. The summed E-state index contributed by atoms with van der Waals surface area (Å²) in [5, 5.41) is 2.67. The molecule has 116 valence electrons. The zero-order valence-corrected chi connectivity index (χ0v) is 12.0. The number of rotatable bonds is 7. The Kier molecular flexibility index (Phi) is 5.12. The summed E-state index contributed by atoms with van der Waals surface area (Å²) in [6, 6.07) is 2.18. The van der Waals surface area contributed by atoms with Gasteiger partial charge in [0.25, 0.3) is 5.91 Å². The molecule has 1 amide bonds. The molecule has 3 N–H and O–H groups in total. The molecule has 0 aromatic heterocycles. The number of nitrogens with one attached hydrogen (secondary N) is 1. The monoisotopic (exact) mass is 298 g/mol. The zero-order valence-electron chi connectivity index (χ0n) is 12.0. The first-order valence-corrected chi connectivity index (χ1v) is 7.08. The van der Waals surface area contributed by atoms with Crippen LogP contribution >= 0.6 is 0 Å². The van der Waals surface area contributed by atoms with Gasteiger partial charge in [0.15, 0.2) is 24.0 Å². The van der Waals surface area contributed by atoms with Crippen molar-refractivity contribution in [2.24, 2.45) is 11.7 Å². The predicted octanol–water partition coefficient (Wildman–Crippen LogP) is 1.76. The minimum Gasteiger partial charge on any atom is -0.478 e. The summed E-state index contributed by atoms with van der Waals surface area (Å²) < 4.78 is 32.5. The zero-order chi connectivity index (χ0) is 15.4. The van der Waals surface area contributed by atoms with E-state index >= 15 is 0 Å². The van der Waals surface area contributed by atoms with Crippen LogP contribution in [0.15, 0.2) is 12.1 Å². The quantitative estimate of drug-likeness (QED) is 0.806. The maximum atomic E-state index is 13.8. The Hall–Kier alpha value is -1.69. The molecule has 2 rings (SSSR count). The molecule has 0 aliphatic heterocycles. The van der Waals surface area contributed by atoms with Gasteiger partial charge < -0.3 is 15.8 Å². The van der Waals surface area contributed by atoms with Crippen molar-refractivity contribution in [3.8, 4) is 5.75 Å². The molecular formula is C15H20F2N2O2. The molecule has 1 aromatic rings. The fourth-order valence-corrected chi connectivity index (χ4v) is 2.01. The summed E-state index contributed by atoms with van der Waals surface area (Å²) in [4.78, 5) is 11.5. The van der Waals surface area contributed by atoms with Gasteiger partial charge in [-0.15, -0.1) is 0 Å². The minimum atomic E-state index is -0.819. The SMILES string of the molecule is CC(N)Cc1cc(F)c(OCC(=O)NCC2CC2)c(F)c1. The van der Waals surface area contributed by atoms with Crippen molar-refractivity contribution in [3.05, 3.63) is 29.3 Å². The molecule has 1 saturated carbocycles. The van der Waals surface area contributed by atoms with Crippen molar-refractivity contribution in [1.82, 2.24) is 5.32 Å². The van der Waals surface area contributed by atoms with Gasteiger partial charge in [-0.05, 0) is 49.8 Å². The van der Waals surface area contributed by atoms with Crippen LogP contribution in [0, 0.1) is 17.6 Å². The van der Waals surface area contributed by atoms with Crippen molar-refractivity contribution in [2.75, 3.05) is 13.2 Å². The van der Waals surface area contributed by atoms with E-state index in [2.05, 4.69) is 5.32 Å². The Bertz CT molecular complexity index is 493. The van der Waals surface area contributed by atoms with E-state index in [0.29, 0.717) is 24.4 Å². The third kappa shape index (κ3) is 4.97. The van der Waals surface area contributed by atoms with Crippen molar-refractivity contribution >= 4 is 5.91 Å². The van der Waals surface area contributed by atoms with Crippen LogP contribution in [0.1, 0.15) is 25.3 Å². The molecule has 0 spiro atoms. The number of benzene rings is 1. The Morgan fingerprint density at radius 1 is 1.43 bits per heavy atom. The molecule has 0 bridgehead atoms. The highest BCUT2D eigenvalue weighted by Gasteiger charge is 2.22. The van der Waals surface area contributed by atoms with Crippen LogP contribution in [-0.4, -0.2) is 25.1 Å². The van der Waals surface area contributed by atoms with Crippen molar-refractivity contribution in [2.45, 2.75) is 32.2 Å². The largest absolute Gasteiger partial charge is 0.478 e. The van der Waals surface area contributed by atoms with Crippen LogP contribution in [0.25, 0.3) is 0 Å². The molecule has 1 atom stereocenters. The molecule has 0 radical (unpaired) electrons. The molecule has 1 aliphatic rings. The van der Waals surface area contributed by atoms with Crippen molar-refractivity contribution in [3.63, 3.8) is 0 Å². The maximum absolute atomic E-state index is 13.8. The van der Waals surface area contributed by atoms with Crippen LogP contribution in [0.4, 0.5) is 8.78 Å². The molecule has 1 unspecified atom stereocenters. The predicted molar refractivity (Wildman–Crippen MR) is 74.9 cm³/mol. The van der Waals surface area contributed by atoms with Gasteiger partial charge in [0.1, 0.15) is 0 Å². The lowest BCUT2D eigenvalue weighted by molar-refractivity contribution is -0.123. The summed E-state index contributed by atoms with van der Waals surface area (Å²) in [6.07, 6.45) is 2.60. The fraction of sp³-hybridized carbons (Fsp3) is 0.533. The molecule has 1 aliphatic carbocycles. The first kappa shape index (κ1) is 15.7. The second-order valence-corrected chi connectivity index (χ2v) is 5.61. The molecule has 0 heterocycles. The number of nitrogens with two attached hydrogens (primary N) is 1. The molecule has 1 fully saturated rings. The second-order valence-electron chi connectivity index (χ2n) is 5.61. The molecule has 6 heteroatoms. The van der Waals surface area contributed by atoms with Crippen LogP contribution in [0.5, 0.6) is 5.75 Å². The van der Waals surface area contributed by atoms with Crippen LogP contribution < -0.4 is 15.8 Å². The van der Waals surface area contributed by atoms with E-state index in [1.807, 2.05) is 0 Å². The van der Waals surface area contributed by atoms with Crippen molar-refractivity contribution < 1.29 is 18.3 Å². The second kappa shape index (κ2) is 6.85. The number of hydrogen-bond acceptors (Lipinski definition) is 3. The third-order valence-electron chi connectivity index (χ3n) is 3.25. The van der Waals surface area contributed by atoms with Crippen LogP contribution in [0.2, 0.25) is 0 Å². The molecule has 21 heavy (non-hydrogen) atoms. The smallest absolute Gasteiger partial charge is 0.257 e. The van der Waals surface area contributed by atoms with E-state index in [1.165, 1.54) is 12.1 Å². The third-order valence-corrected chi connectivity index (χ3v) is 3.25. The van der Waals surface area contributed by atoms with Gasteiger partial charge in [0.2, 0.25) is 0 Å². The Labute approximate surface area is 122 Å². The Morgan fingerprint density at radius 3 is 2.57 bits per heavy atom. The minimum absolute atomic E-state index is 0.191. The standard InChI is InChI=1S/C15H20F2N2O2/c1-9(18)4-11-5-12(16)15(13(17)6-11)21-8-14(20)19-7-10-2-3-10/h5-6,9-10H,2-4,7-8,18H2,1H3,(H,19,20). The van der Waals surface area contributed by atoms with E-state index in [1.54, 1.807) is 6.92 Å². The van der Waals surface area contributed by atoms with Crippen molar-refractivity contribution in [1.29, 1.82) is 0 Å². The average molecular weight is 298 g/mol. The van der Waals surface area contributed by atoms with Gasteiger partial charge in [-0.25, -0.2) is 8.78 Å². The lowest BCUT2D eigenvalue weighted by Crippen LogP contribution is -2.30. The number of carbonyl (C=O) groups excluding carboxylic acids is 1. The van der Waals surface area contributed by atoms with Gasteiger partial charge in [0.05, 0.1) is 0 Å². The van der Waals surface area contributed by atoms with Crippen LogP contribution in [-0.2, 0) is 11.2 Å². The normalized spacial score (nSPS) is 15.6. The van der Waals surface area contributed by atoms with Gasteiger partial charge in [0, 0.05) is 12.6 Å². The number of hydrogen-bond donors (Lipinski definition) is 2. The van der Waals surface area contributed by atoms with Crippen LogP contribution in [0.3, 0.4) is 0 Å². The van der Waals surface area contributed by atoms with Gasteiger partial charge in [-0.2, -0.15) is 0 Å². The highest BCUT2D eigenvalue weighted by molar-refractivity contribution is 5.77. The van der Waals surface area contributed by atoms with E-state index in [-0.39, 0.29) is 11.9 Å². The van der Waals surface area contributed by atoms with E-state index < -0.39 is 24.0 Å². The lowest BCUT2D eigenvalue weighted by Gasteiger charge is -2.11. The van der Waals surface area contributed by atoms with E-state index in [0.717, 1.165) is 12.8 Å². The number of amides is 1. The topological polar surface area (TPSA) is 64.3 Å². The number of carbonyl (C=O) groups is 1. The average Bonchev–Trinajstić information content (AvgIpc) is 3.18. The highest BCUT2D eigenvalue weighted by atomic mass is 19.1. The fourth-order valence-electron chi connectivity index (χ4n) is 2.01. The van der Waals surface area contributed by atoms with E-state index in [9.17, 15) is 13.6 Å². The molecule has 0 saturated heterocycles. The molecule has 4 nitrogen and oxygen atoms in total. The first-order chi connectivity index (χ1) is 9.95. The van der Waals surface area contributed by atoms with Gasteiger partial charge >= 0.3 is 0 Å². The summed E-state index contributed by atoms with van der Waals surface area (Å²) in [5.41, 5.74) is 6.06. The summed E-state index contributed by atoms with van der Waals surface area (Å²) in [7, 11) is 0. The lowest BCUT2D eigenvalue weighted by atomic mass is 10.1.